The van der Waals surface area contributed by atoms with E-state index < -0.39 is 7.14 Å². The topological polar surface area (TPSA) is 85.9 Å². The molecule has 42 heavy (non-hydrogen) atoms. The van der Waals surface area contributed by atoms with Gasteiger partial charge in [-0.15, -0.1) is 0 Å². The minimum atomic E-state index is -2.51. The van der Waals surface area contributed by atoms with E-state index in [1.54, 1.807) is 26.6 Å². The van der Waals surface area contributed by atoms with Crippen LogP contribution in [0.3, 0.4) is 0 Å². The summed E-state index contributed by atoms with van der Waals surface area (Å²) in [7, 11) is -0.827. The van der Waals surface area contributed by atoms with Crippen molar-refractivity contribution in [3.8, 4) is 5.75 Å². The van der Waals surface area contributed by atoms with Crippen molar-refractivity contribution in [1.29, 1.82) is 0 Å². The fourth-order valence-corrected chi connectivity index (χ4v) is 7.48. The standard InChI is InChI=1S/C31H41ClN7O2P/c1-41-28-20-24(37-14-12-23(13-15-37)39-18-16-38(17-19-39)22-8-9-22)10-11-26(28)35-31-33-21-25(32)30(36-31)34-27-6-4-5-7-29(27)42(2,3)40/h4-7,10-11,20-23H,8-9,12-19H2,1-3H3,(H2,33,34,35,36). The number of piperidine rings is 1. The Morgan fingerprint density at radius 3 is 2.19 bits per heavy atom. The van der Waals surface area contributed by atoms with Gasteiger partial charge in [-0.25, -0.2) is 4.98 Å². The minimum Gasteiger partial charge on any atom is -0.494 e. The highest BCUT2D eigenvalue weighted by atomic mass is 35.5. The SMILES string of the molecule is COc1cc(N2CCC(N3CCN(C4CC4)CC3)CC2)ccc1Nc1ncc(Cl)c(Nc2ccccc2P(C)(C)=O)n1. The van der Waals surface area contributed by atoms with Crippen LogP contribution in [-0.4, -0.2) is 91.6 Å². The molecule has 3 fully saturated rings. The first-order chi connectivity index (χ1) is 20.3. The number of para-hydroxylation sites is 1. The summed E-state index contributed by atoms with van der Waals surface area (Å²) in [6.45, 7) is 10.5. The molecule has 1 aliphatic carbocycles. The van der Waals surface area contributed by atoms with E-state index in [1.807, 2.05) is 30.3 Å². The smallest absolute Gasteiger partial charge is 0.229 e. The number of nitrogens with one attached hydrogen (secondary N) is 2. The lowest BCUT2D eigenvalue weighted by molar-refractivity contribution is 0.0809. The summed E-state index contributed by atoms with van der Waals surface area (Å²) in [5.41, 5.74) is 2.64. The molecule has 2 N–H and O–H groups in total. The predicted octanol–water partition coefficient (Wildman–Crippen LogP) is 5.62. The van der Waals surface area contributed by atoms with Crippen molar-refractivity contribution in [3.05, 3.63) is 53.7 Å². The van der Waals surface area contributed by atoms with E-state index in [4.69, 9.17) is 16.3 Å². The Morgan fingerprint density at radius 2 is 1.55 bits per heavy atom. The summed E-state index contributed by atoms with van der Waals surface area (Å²) >= 11 is 6.44. The van der Waals surface area contributed by atoms with Gasteiger partial charge in [-0.05, 0) is 63.3 Å². The number of rotatable bonds is 9. The van der Waals surface area contributed by atoms with Crippen LogP contribution in [0.25, 0.3) is 0 Å². The molecule has 1 saturated carbocycles. The molecular weight excluding hydrogens is 569 g/mol. The molecule has 2 saturated heterocycles. The van der Waals surface area contributed by atoms with Crippen LogP contribution in [0.5, 0.6) is 5.75 Å². The van der Waals surface area contributed by atoms with Gasteiger partial charge in [-0.1, -0.05) is 23.7 Å². The number of hydrogen-bond acceptors (Lipinski definition) is 9. The lowest BCUT2D eigenvalue weighted by Gasteiger charge is -2.43. The van der Waals surface area contributed by atoms with Crippen LogP contribution in [-0.2, 0) is 4.57 Å². The number of benzene rings is 2. The molecule has 0 amide bonds. The Hall–Kier alpha value is -2.84. The van der Waals surface area contributed by atoms with Gasteiger partial charge in [0.1, 0.15) is 17.9 Å². The van der Waals surface area contributed by atoms with Gasteiger partial charge in [0.2, 0.25) is 5.95 Å². The zero-order chi connectivity index (χ0) is 29.3. The number of piperazine rings is 1. The minimum absolute atomic E-state index is 0.368. The monoisotopic (exact) mass is 609 g/mol. The molecule has 0 atom stereocenters. The Labute approximate surface area is 254 Å². The highest BCUT2D eigenvalue weighted by molar-refractivity contribution is 7.70. The molecule has 0 unspecified atom stereocenters. The molecular formula is C31H41ClN7O2P. The first-order valence-electron chi connectivity index (χ1n) is 14.9. The molecule has 3 aliphatic rings. The van der Waals surface area contributed by atoms with Gasteiger partial charge in [-0.3, -0.25) is 9.80 Å². The van der Waals surface area contributed by atoms with Crippen LogP contribution < -0.4 is 25.6 Å². The molecule has 11 heteroatoms. The molecule has 0 bridgehead atoms. The maximum absolute atomic E-state index is 12.8. The van der Waals surface area contributed by atoms with Gasteiger partial charge in [0.25, 0.3) is 0 Å². The maximum atomic E-state index is 12.8. The number of anilines is 5. The van der Waals surface area contributed by atoms with Gasteiger partial charge in [0.15, 0.2) is 5.82 Å². The zero-order valence-electron chi connectivity index (χ0n) is 24.7. The summed E-state index contributed by atoms with van der Waals surface area (Å²) in [5.74, 6) is 1.54. The van der Waals surface area contributed by atoms with E-state index in [0.717, 1.165) is 41.6 Å². The van der Waals surface area contributed by atoms with Crippen molar-refractivity contribution in [2.45, 2.75) is 37.8 Å². The van der Waals surface area contributed by atoms with Gasteiger partial charge in [0, 0.05) is 68.4 Å². The van der Waals surface area contributed by atoms with E-state index in [-0.39, 0.29) is 0 Å². The van der Waals surface area contributed by atoms with E-state index >= 15 is 0 Å². The predicted molar refractivity (Wildman–Crippen MR) is 174 cm³/mol. The number of nitrogens with zero attached hydrogens (tertiary/aromatic N) is 5. The Balaban J connectivity index is 1.10. The molecule has 3 heterocycles. The molecule has 3 aromatic rings. The van der Waals surface area contributed by atoms with Crippen molar-refractivity contribution < 1.29 is 9.30 Å². The second kappa shape index (κ2) is 12.4. The summed E-state index contributed by atoms with van der Waals surface area (Å²) in [4.78, 5) is 16.9. The van der Waals surface area contributed by atoms with Crippen LogP contribution >= 0.6 is 18.7 Å². The van der Waals surface area contributed by atoms with Crippen molar-refractivity contribution >= 4 is 52.9 Å². The van der Waals surface area contributed by atoms with Crippen molar-refractivity contribution in [2.24, 2.45) is 0 Å². The zero-order valence-corrected chi connectivity index (χ0v) is 26.4. The van der Waals surface area contributed by atoms with E-state index in [9.17, 15) is 4.57 Å². The van der Waals surface area contributed by atoms with Crippen molar-refractivity contribution in [3.63, 3.8) is 0 Å². The second-order valence-electron chi connectivity index (χ2n) is 11.9. The van der Waals surface area contributed by atoms with Crippen LogP contribution in [0, 0.1) is 0 Å². The van der Waals surface area contributed by atoms with Crippen molar-refractivity contribution in [2.75, 3.05) is 75.2 Å². The van der Waals surface area contributed by atoms with Gasteiger partial charge in [-0.2, -0.15) is 4.98 Å². The Bertz CT molecular complexity index is 1450. The highest BCUT2D eigenvalue weighted by Crippen LogP contribution is 2.39. The Kier molecular flexibility index (Phi) is 8.64. The third kappa shape index (κ3) is 6.70. The van der Waals surface area contributed by atoms with Gasteiger partial charge < -0.3 is 24.8 Å². The average Bonchev–Trinajstić information content (AvgIpc) is 3.85. The number of halogens is 1. The molecule has 0 radical (unpaired) electrons. The summed E-state index contributed by atoms with van der Waals surface area (Å²) < 4.78 is 18.6. The van der Waals surface area contributed by atoms with Crippen LogP contribution in [0.2, 0.25) is 5.02 Å². The quantitative estimate of drug-likeness (QED) is 0.300. The highest BCUT2D eigenvalue weighted by Gasteiger charge is 2.33. The van der Waals surface area contributed by atoms with Crippen LogP contribution in [0.4, 0.5) is 28.8 Å². The number of hydrogen-bond donors (Lipinski definition) is 2. The summed E-state index contributed by atoms with van der Waals surface area (Å²) in [6.07, 6.45) is 6.73. The van der Waals surface area contributed by atoms with Crippen molar-refractivity contribution in [1.82, 2.24) is 19.8 Å². The molecule has 6 rings (SSSR count). The summed E-state index contributed by atoms with van der Waals surface area (Å²) in [6, 6.07) is 15.3. The first kappa shape index (κ1) is 29.2. The number of methoxy groups -OCH3 is 1. The third-order valence-electron chi connectivity index (χ3n) is 8.67. The third-order valence-corrected chi connectivity index (χ3v) is 10.5. The second-order valence-corrected chi connectivity index (χ2v) is 15.5. The van der Waals surface area contributed by atoms with Crippen LogP contribution in [0.1, 0.15) is 25.7 Å². The number of ether oxygens (including phenoxy) is 1. The first-order valence-corrected chi connectivity index (χ1v) is 17.9. The molecule has 2 aliphatic heterocycles. The van der Waals surface area contributed by atoms with E-state index in [2.05, 4.69) is 47.4 Å². The van der Waals surface area contributed by atoms with Gasteiger partial charge in [0.05, 0.1) is 24.7 Å². The average molecular weight is 610 g/mol. The largest absolute Gasteiger partial charge is 0.494 e. The summed E-state index contributed by atoms with van der Waals surface area (Å²) in [5, 5.41) is 7.65. The lowest BCUT2D eigenvalue weighted by atomic mass is 10.0. The molecule has 9 nitrogen and oxygen atoms in total. The lowest BCUT2D eigenvalue weighted by Crippen LogP contribution is -2.53. The number of aromatic nitrogens is 2. The Morgan fingerprint density at radius 1 is 0.881 bits per heavy atom. The fraction of sp³-hybridized carbons (Fsp3) is 0.484. The van der Waals surface area contributed by atoms with E-state index in [1.165, 1.54) is 51.9 Å². The molecule has 224 valence electrons. The van der Waals surface area contributed by atoms with E-state index in [0.29, 0.717) is 28.5 Å². The molecule has 0 spiro atoms. The van der Waals surface area contributed by atoms with Crippen LogP contribution in [0.15, 0.2) is 48.7 Å². The molecule has 2 aromatic carbocycles. The normalized spacial score (nSPS) is 19.1. The van der Waals surface area contributed by atoms with Gasteiger partial charge >= 0.3 is 0 Å². The fourth-order valence-electron chi connectivity index (χ4n) is 6.19. The maximum Gasteiger partial charge on any atom is 0.229 e. The molecule has 1 aromatic heterocycles.